The van der Waals surface area contributed by atoms with Gasteiger partial charge in [0.25, 0.3) is 0 Å². The molecule has 0 heterocycles. The Morgan fingerprint density at radius 3 is 2.44 bits per heavy atom. The summed E-state index contributed by atoms with van der Waals surface area (Å²) in [5, 5.41) is 0. The lowest BCUT2D eigenvalue weighted by Crippen LogP contribution is -2.09. The standard InChI is InChI=1S/C5H9ClO2S/c1-2-4-9(7,8)5-3-6/h2H,1,3-5H2. The van der Waals surface area contributed by atoms with E-state index in [1.54, 1.807) is 0 Å². The first-order chi connectivity index (χ1) is 4.12. The Hall–Kier alpha value is -0.0200. The van der Waals surface area contributed by atoms with E-state index in [0.29, 0.717) is 0 Å². The van der Waals surface area contributed by atoms with Gasteiger partial charge in [0.1, 0.15) is 0 Å². The Morgan fingerprint density at radius 1 is 1.56 bits per heavy atom. The number of hydrogen-bond donors (Lipinski definition) is 0. The van der Waals surface area contributed by atoms with Crippen molar-refractivity contribution in [1.29, 1.82) is 0 Å². The van der Waals surface area contributed by atoms with Gasteiger partial charge >= 0.3 is 0 Å². The molecule has 0 aliphatic rings. The lowest BCUT2D eigenvalue weighted by Gasteiger charge is -1.93. The lowest BCUT2D eigenvalue weighted by molar-refractivity contribution is 0.600. The number of halogens is 1. The van der Waals surface area contributed by atoms with E-state index >= 15 is 0 Å². The second-order valence-corrected chi connectivity index (χ2v) is 4.20. The molecular formula is C5H9ClO2S. The van der Waals surface area contributed by atoms with Gasteiger partial charge in [0, 0.05) is 5.88 Å². The van der Waals surface area contributed by atoms with E-state index in [0.717, 1.165) is 0 Å². The van der Waals surface area contributed by atoms with Crippen LogP contribution in [-0.4, -0.2) is 25.8 Å². The molecule has 2 nitrogen and oxygen atoms in total. The zero-order valence-corrected chi connectivity index (χ0v) is 6.58. The SMILES string of the molecule is C=CCS(=O)(=O)CCCl. The van der Waals surface area contributed by atoms with E-state index in [1.165, 1.54) is 6.08 Å². The van der Waals surface area contributed by atoms with Crippen LogP contribution in [0.25, 0.3) is 0 Å². The van der Waals surface area contributed by atoms with Crippen LogP contribution in [0.1, 0.15) is 0 Å². The fourth-order valence-electron chi connectivity index (χ4n) is 0.380. The van der Waals surface area contributed by atoms with E-state index in [-0.39, 0.29) is 17.4 Å². The summed E-state index contributed by atoms with van der Waals surface area (Å²) in [6, 6.07) is 0. The lowest BCUT2D eigenvalue weighted by atomic mass is 10.8. The van der Waals surface area contributed by atoms with Crippen molar-refractivity contribution < 1.29 is 8.42 Å². The van der Waals surface area contributed by atoms with Crippen LogP contribution in [0.15, 0.2) is 12.7 Å². The molecule has 0 amide bonds. The predicted octanol–water partition coefficient (Wildman–Crippen LogP) is 0.826. The first kappa shape index (κ1) is 8.98. The molecule has 0 aromatic rings. The summed E-state index contributed by atoms with van der Waals surface area (Å²) in [5.74, 6) is 0.233. The average molecular weight is 169 g/mol. The molecule has 0 aromatic heterocycles. The summed E-state index contributed by atoms with van der Waals surface area (Å²) >= 11 is 5.21. The van der Waals surface area contributed by atoms with Gasteiger partial charge in [-0.25, -0.2) is 8.42 Å². The molecule has 0 unspecified atom stereocenters. The van der Waals surface area contributed by atoms with Gasteiger partial charge in [-0.2, -0.15) is 0 Å². The Kier molecular flexibility index (Phi) is 3.89. The van der Waals surface area contributed by atoms with Crippen LogP contribution in [0.5, 0.6) is 0 Å². The molecule has 0 spiro atoms. The summed E-state index contributed by atoms with van der Waals surface area (Å²) in [6.07, 6.45) is 1.36. The molecule has 0 fully saturated rings. The maximum absolute atomic E-state index is 10.7. The van der Waals surface area contributed by atoms with Gasteiger partial charge in [-0.3, -0.25) is 0 Å². The van der Waals surface area contributed by atoms with Crippen LogP contribution in [0.3, 0.4) is 0 Å². The minimum absolute atomic E-state index is 0.0275. The molecule has 54 valence electrons. The Bertz CT molecular complexity index is 171. The summed E-state index contributed by atoms with van der Waals surface area (Å²) in [6.45, 7) is 3.31. The number of rotatable bonds is 4. The zero-order chi connectivity index (χ0) is 7.33. The predicted molar refractivity (Wildman–Crippen MR) is 39.6 cm³/mol. The monoisotopic (exact) mass is 168 g/mol. The van der Waals surface area contributed by atoms with Gasteiger partial charge in [0.15, 0.2) is 9.84 Å². The van der Waals surface area contributed by atoms with Crippen LogP contribution >= 0.6 is 11.6 Å². The quantitative estimate of drug-likeness (QED) is 0.460. The maximum Gasteiger partial charge on any atom is 0.155 e. The fraction of sp³-hybridized carbons (Fsp3) is 0.600. The number of sulfone groups is 1. The van der Waals surface area contributed by atoms with Gasteiger partial charge in [0.05, 0.1) is 11.5 Å². The highest BCUT2D eigenvalue weighted by Gasteiger charge is 2.04. The van der Waals surface area contributed by atoms with Crippen molar-refractivity contribution in [3.8, 4) is 0 Å². The fourth-order valence-corrected chi connectivity index (χ4v) is 1.85. The highest BCUT2D eigenvalue weighted by Crippen LogP contribution is 1.91. The summed E-state index contributed by atoms with van der Waals surface area (Å²) in [7, 11) is -2.93. The smallest absolute Gasteiger partial charge is 0.155 e. The van der Waals surface area contributed by atoms with Crippen LogP contribution in [0, 0.1) is 0 Å². The second kappa shape index (κ2) is 3.90. The van der Waals surface area contributed by atoms with Gasteiger partial charge in [-0.15, -0.1) is 18.2 Å². The van der Waals surface area contributed by atoms with Crippen LogP contribution in [0.4, 0.5) is 0 Å². The zero-order valence-electron chi connectivity index (χ0n) is 5.01. The summed E-state index contributed by atoms with van der Waals surface area (Å²) < 4.78 is 21.3. The second-order valence-electron chi connectivity index (χ2n) is 1.59. The minimum atomic E-state index is -2.93. The van der Waals surface area contributed by atoms with E-state index in [1.807, 2.05) is 0 Å². The van der Waals surface area contributed by atoms with Crippen molar-refractivity contribution in [3.05, 3.63) is 12.7 Å². The summed E-state index contributed by atoms with van der Waals surface area (Å²) in [5.41, 5.74) is 0. The van der Waals surface area contributed by atoms with Crippen molar-refractivity contribution in [1.82, 2.24) is 0 Å². The molecule has 0 aliphatic carbocycles. The van der Waals surface area contributed by atoms with Crippen molar-refractivity contribution >= 4 is 21.4 Å². The van der Waals surface area contributed by atoms with E-state index in [9.17, 15) is 8.42 Å². The Balaban J connectivity index is 3.88. The molecular weight excluding hydrogens is 160 g/mol. The van der Waals surface area contributed by atoms with Gasteiger partial charge in [0.2, 0.25) is 0 Å². The topological polar surface area (TPSA) is 34.1 Å². The third-order valence-electron chi connectivity index (χ3n) is 0.760. The Morgan fingerprint density at radius 2 is 2.11 bits per heavy atom. The molecule has 0 N–H and O–H groups in total. The van der Waals surface area contributed by atoms with Crippen molar-refractivity contribution in [2.75, 3.05) is 17.4 Å². The average Bonchev–Trinajstić information content (AvgIpc) is 1.64. The van der Waals surface area contributed by atoms with Gasteiger partial charge in [-0.1, -0.05) is 6.08 Å². The minimum Gasteiger partial charge on any atom is -0.228 e. The van der Waals surface area contributed by atoms with E-state index < -0.39 is 9.84 Å². The third-order valence-corrected chi connectivity index (χ3v) is 2.74. The molecule has 0 radical (unpaired) electrons. The first-order valence-corrected chi connectivity index (χ1v) is 4.85. The van der Waals surface area contributed by atoms with Crippen LogP contribution in [-0.2, 0) is 9.84 Å². The van der Waals surface area contributed by atoms with Crippen molar-refractivity contribution in [3.63, 3.8) is 0 Å². The van der Waals surface area contributed by atoms with E-state index in [2.05, 4.69) is 6.58 Å². The molecule has 0 rings (SSSR count). The molecule has 0 saturated carbocycles. The molecule has 0 aliphatic heterocycles. The molecule has 0 saturated heterocycles. The summed E-state index contributed by atoms with van der Waals surface area (Å²) in [4.78, 5) is 0. The number of alkyl halides is 1. The van der Waals surface area contributed by atoms with Crippen LogP contribution < -0.4 is 0 Å². The van der Waals surface area contributed by atoms with E-state index in [4.69, 9.17) is 11.6 Å². The van der Waals surface area contributed by atoms with Gasteiger partial charge < -0.3 is 0 Å². The third kappa shape index (κ3) is 4.48. The molecule has 0 aromatic carbocycles. The maximum atomic E-state index is 10.7. The molecule has 4 heteroatoms. The first-order valence-electron chi connectivity index (χ1n) is 2.49. The normalized spacial score (nSPS) is 11.2. The largest absolute Gasteiger partial charge is 0.228 e. The van der Waals surface area contributed by atoms with Crippen molar-refractivity contribution in [2.45, 2.75) is 0 Å². The molecule has 0 bridgehead atoms. The molecule has 9 heavy (non-hydrogen) atoms. The highest BCUT2D eigenvalue weighted by molar-refractivity contribution is 7.91. The van der Waals surface area contributed by atoms with Crippen LogP contribution in [0.2, 0.25) is 0 Å². The number of hydrogen-bond acceptors (Lipinski definition) is 2. The Labute approximate surface area is 60.4 Å². The van der Waals surface area contributed by atoms with Gasteiger partial charge in [-0.05, 0) is 0 Å². The molecule has 0 atom stereocenters. The van der Waals surface area contributed by atoms with Crippen molar-refractivity contribution in [2.24, 2.45) is 0 Å². The highest BCUT2D eigenvalue weighted by atomic mass is 35.5.